The fraction of sp³-hybridized carbons (Fsp3) is 0.538. The average molecular weight is 320 g/mol. The second-order valence-corrected chi connectivity index (χ2v) is 5.00. The van der Waals surface area contributed by atoms with E-state index in [1.807, 2.05) is 6.92 Å². The summed E-state index contributed by atoms with van der Waals surface area (Å²) >= 11 is 3.23. The lowest BCUT2D eigenvalue weighted by atomic mass is 10.3. The molecule has 0 radical (unpaired) electrons. The maximum atomic E-state index is 13.1. The predicted molar refractivity (Wildman–Crippen MR) is 73.6 cm³/mol. The van der Waals surface area contributed by atoms with Gasteiger partial charge in [0.05, 0.1) is 0 Å². The van der Waals surface area contributed by atoms with E-state index in [9.17, 15) is 4.39 Å². The normalized spacial score (nSPS) is 12.4. The van der Waals surface area contributed by atoms with Crippen molar-refractivity contribution < 1.29 is 13.9 Å². The Kier molecular flexibility index (Phi) is 7.23. The van der Waals surface area contributed by atoms with Gasteiger partial charge in [0.15, 0.2) is 0 Å². The summed E-state index contributed by atoms with van der Waals surface area (Å²) in [5, 5.41) is 3.26. The van der Waals surface area contributed by atoms with Gasteiger partial charge in [0, 0.05) is 30.8 Å². The van der Waals surface area contributed by atoms with E-state index in [0.717, 1.165) is 26.1 Å². The molecule has 0 fully saturated rings. The molecule has 1 rings (SSSR count). The highest BCUT2D eigenvalue weighted by Crippen LogP contribution is 2.21. The third-order valence-corrected chi connectivity index (χ3v) is 2.76. The Morgan fingerprint density at radius 3 is 2.83 bits per heavy atom. The molecular weight excluding hydrogens is 301 g/mol. The summed E-state index contributed by atoms with van der Waals surface area (Å²) in [7, 11) is 1.69. The highest BCUT2D eigenvalue weighted by atomic mass is 79.9. The molecule has 0 aromatic heterocycles. The van der Waals surface area contributed by atoms with Gasteiger partial charge in [0.2, 0.25) is 0 Å². The topological polar surface area (TPSA) is 30.5 Å². The van der Waals surface area contributed by atoms with Crippen molar-refractivity contribution in [1.82, 2.24) is 5.32 Å². The van der Waals surface area contributed by atoms with Crippen molar-refractivity contribution in [3.8, 4) is 5.75 Å². The SMILES string of the molecule is COCCCNCC(C)Oc1cc(F)cc(Br)c1. The number of nitrogens with one attached hydrogen (secondary N) is 1. The summed E-state index contributed by atoms with van der Waals surface area (Å²) in [5.41, 5.74) is 0. The molecule has 1 aromatic carbocycles. The molecule has 0 saturated carbocycles. The molecule has 0 aliphatic rings. The van der Waals surface area contributed by atoms with Gasteiger partial charge in [-0.25, -0.2) is 4.39 Å². The van der Waals surface area contributed by atoms with Crippen molar-refractivity contribution >= 4 is 15.9 Å². The van der Waals surface area contributed by atoms with Gasteiger partial charge in [-0.2, -0.15) is 0 Å². The van der Waals surface area contributed by atoms with Crippen LogP contribution in [-0.4, -0.2) is 32.9 Å². The third-order valence-electron chi connectivity index (χ3n) is 2.31. The highest BCUT2D eigenvalue weighted by Gasteiger charge is 2.05. The molecular formula is C13H19BrFNO2. The van der Waals surface area contributed by atoms with Crippen LogP contribution in [0.1, 0.15) is 13.3 Å². The molecule has 18 heavy (non-hydrogen) atoms. The minimum absolute atomic E-state index is 0.0127. The number of benzene rings is 1. The molecule has 1 aromatic rings. The standard InChI is InChI=1S/C13H19BrFNO2/c1-10(9-16-4-3-5-17-2)18-13-7-11(14)6-12(15)8-13/h6-8,10,16H,3-5,9H2,1-2H3. The molecule has 0 spiro atoms. The Balaban J connectivity index is 2.28. The number of hydrogen-bond acceptors (Lipinski definition) is 3. The van der Waals surface area contributed by atoms with Gasteiger partial charge in [0.25, 0.3) is 0 Å². The minimum atomic E-state index is -0.306. The Morgan fingerprint density at radius 2 is 2.17 bits per heavy atom. The quantitative estimate of drug-likeness (QED) is 0.747. The summed E-state index contributed by atoms with van der Waals surface area (Å²) in [6.45, 7) is 4.30. The molecule has 5 heteroatoms. The number of methoxy groups -OCH3 is 1. The van der Waals surface area contributed by atoms with Crippen molar-refractivity contribution in [2.75, 3.05) is 26.8 Å². The molecule has 0 aliphatic carbocycles. The Labute approximate surface area is 116 Å². The molecule has 0 amide bonds. The second-order valence-electron chi connectivity index (χ2n) is 4.08. The summed E-state index contributed by atoms with van der Waals surface area (Å²) in [6, 6.07) is 4.54. The summed E-state index contributed by atoms with van der Waals surface area (Å²) in [6.07, 6.45) is 0.954. The fourth-order valence-electron chi connectivity index (χ4n) is 1.52. The summed E-state index contributed by atoms with van der Waals surface area (Å²) in [4.78, 5) is 0. The first kappa shape index (κ1) is 15.4. The van der Waals surface area contributed by atoms with Crippen molar-refractivity contribution in [3.63, 3.8) is 0 Å². The summed E-state index contributed by atoms with van der Waals surface area (Å²) in [5.74, 6) is 0.229. The smallest absolute Gasteiger partial charge is 0.128 e. The van der Waals surface area contributed by atoms with Crippen molar-refractivity contribution in [1.29, 1.82) is 0 Å². The van der Waals surface area contributed by atoms with Crippen molar-refractivity contribution in [2.24, 2.45) is 0 Å². The van der Waals surface area contributed by atoms with Crippen LogP contribution in [0.15, 0.2) is 22.7 Å². The largest absolute Gasteiger partial charge is 0.489 e. The lowest BCUT2D eigenvalue weighted by molar-refractivity contribution is 0.188. The van der Waals surface area contributed by atoms with Crippen molar-refractivity contribution in [2.45, 2.75) is 19.4 Å². The van der Waals surface area contributed by atoms with Gasteiger partial charge < -0.3 is 14.8 Å². The van der Waals surface area contributed by atoms with Crippen LogP contribution in [0, 0.1) is 5.82 Å². The lowest BCUT2D eigenvalue weighted by Crippen LogP contribution is -2.30. The van der Waals surface area contributed by atoms with Crippen LogP contribution in [0.3, 0.4) is 0 Å². The Morgan fingerprint density at radius 1 is 1.39 bits per heavy atom. The fourth-order valence-corrected chi connectivity index (χ4v) is 1.96. The number of halogens is 2. The zero-order valence-electron chi connectivity index (χ0n) is 10.7. The van der Waals surface area contributed by atoms with Crippen LogP contribution in [0.2, 0.25) is 0 Å². The average Bonchev–Trinajstić information content (AvgIpc) is 2.27. The zero-order chi connectivity index (χ0) is 13.4. The Hall–Kier alpha value is -0.650. The predicted octanol–water partition coefficient (Wildman–Crippen LogP) is 2.98. The molecule has 0 bridgehead atoms. The van der Waals surface area contributed by atoms with E-state index in [4.69, 9.17) is 9.47 Å². The van der Waals surface area contributed by atoms with Crippen LogP contribution in [0.4, 0.5) is 4.39 Å². The molecule has 0 aliphatic heterocycles. The van der Waals surface area contributed by atoms with Crippen LogP contribution in [0.25, 0.3) is 0 Å². The number of rotatable bonds is 8. The molecule has 0 heterocycles. The van der Waals surface area contributed by atoms with Crippen LogP contribution >= 0.6 is 15.9 Å². The van der Waals surface area contributed by atoms with Gasteiger partial charge in [-0.1, -0.05) is 15.9 Å². The minimum Gasteiger partial charge on any atom is -0.489 e. The van der Waals surface area contributed by atoms with Crippen LogP contribution in [0.5, 0.6) is 5.75 Å². The first-order valence-electron chi connectivity index (χ1n) is 5.94. The van der Waals surface area contributed by atoms with Gasteiger partial charge in [-0.05, 0) is 32.0 Å². The molecule has 1 atom stereocenters. The zero-order valence-corrected chi connectivity index (χ0v) is 12.3. The first-order chi connectivity index (χ1) is 8.61. The van der Waals surface area contributed by atoms with E-state index in [2.05, 4.69) is 21.2 Å². The van der Waals surface area contributed by atoms with Crippen LogP contribution < -0.4 is 10.1 Å². The van der Waals surface area contributed by atoms with E-state index in [1.54, 1.807) is 13.2 Å². The third kappa shape index (κ3) is 6.33. The molecule has 1 unspecified atom stereocenters. The van der Waals surface area contributed by atoms with Crippen molar-refractivity contribution in [3.05, 3.63) is 28.5 Å². The van der Waals surface area contributed by atoms with Gasteiger partial charge in [-0.15, -0.1) is 0 Å². The number of ether oxygens (including phenoxy) is 2. The van der Waals surface area contributed by atoms with E-state index in [1.165, 1.54) is 12.1 Å². The Bertz CT molecular complexity index is 343. The van der Waals surface area contributed by atoms with E-state index in [-0.39, 0.29) is 11.9 Å². The van der Waals surface area contributed by atoms with E-state index >= 15 is 0 Å². The lowest BCUT2D eigenvalue weighted by Gasteiger charge is -2.15. The molecule has 1 N–H and O–H groups in total. The van der Waals surface area contributed by atoms with E-state index in [0.29, 0.717) is 10.2 Å². The van der Waals surface area contributed by atoms with Crippen LogP contribution in [-0.2, 0) is 4.74 Å². The summed E-state index contributed by atoms with van der Waals surface area (Å²) < 4.78 is 24.4. The maximum Gasteiger partial charge on any atom is 0.128 e. The van der Waals surface area contributed by atoms with Gasteiger partial charge in [-0.3, -0.25) is 0 Å². The number of hydrogen-bond donors (Lipinski definition) is 1. The van der Waals surface area contributed by atoms with Gasteiger partial charge in [0.1, 0.15) is 17.7 Å². The monoisotopic (exact) mass is 319 g/mol. The highest BCUT2D eigenvalue weighted by molar-refractivity contribution is 9.10. The molecule has 0 saturated heterocycles. The molecule has 102 valence electrons. The second kappa shape index (κ2) is 8.45. The van der Waals surface area contributed by atoms with Gasteiger partial charge >= 0.3 is 0 Å². The molecule has 3 nitrogen and oxygen atoms in total. The van der Waals surface area contributed by atoms with E-state index < -0.39 is 0 Å². The maximum absolute atomic E-state index is 13.1. The first-order valence-corrected chi connectivity index (χ1v) is 6.73.